The van der Waals surface area contributed by atoms with Gasteiger partial charge in [0.15, 0.2) is 9.84 Å². The van der Waals surface area contributed by atoms with Crippen LogP contribution < -0.4 is 0 Å². The minimum atomic E-state index is -3.10. The molecule has 0 amide bonds. The van der Waals surface area contributed by atoms with E-state index in [1.54, 1.807) is 25.1 Å². The van der Waals surface area contributed by atoms with Crippen molar-refractivity contribution in [3.63, 3.8) is 0 Å². The number of alkyl halides is 1. The van der Waals surface area contributed by atoms with Crippen molar-refractivity contribution in [2.75, 3.05) is 6.26 Å². The summed E-state index contributed by atoms with van der Waals surface area (Å²) in [6.45, 7) is 1.65. The average molecular weight is 346 g/mol. The molecule has 2 unspecified atom stereocenters. The van der Waals surface area contributed by atoms with Crippen LogP contribution in [0.2, 0.25) is 10.0 Å². The summed E-state index contributed by atoms with van der Waals surface area (Å²) in [5, 5.41) is 0.353. The quantitative estimate of drug-likeness (QED) is 0.779. The molecule has 6 heteroatoms. The van der Waals surface area contributed by atoms with Gasteiger partial charge < -0.3 is 0 Å². The molecule has 2 nitrogen and oxygen atoms in total. The number of benzene rings is 1. The number of halogens is 3. The monoisotopic (exact) mass is 344 g/mol. The zero-order valence-corrected chi connectivity index (χ0v) is 12.7. The van der Waals surface area contributed by atoms with E-state index in [-0.39, 0.29) is 4.83 Å². The van der Waals surface area contributed by atoms with Gasteiger partial charge in [-0.25, -0.2) is 8.42 Å². The Hall–Kier alpha value is 0.230. The van der Waals surface area contributed by atoms with Gasteiger partial charge in [0.2, 0.25) is 0 Å². The highest BCUT2D eigenvalue weighted by molar-refractivity contribution is 9.09. The van der Waals surface area contributed by atoms with Crippen LogP contribution in [0.3, 0.4) is 0 Å². The molecule has 2 atom stereocenters. The number of sulfone groups is 1. The molecular weight excluding hydrogens is 335 g/mol. The van der Waals surface area contributed by atoms with Gasteiger partial charge in [-0.1, -0.05) is 45.2 Å². The van der Waals surface area contributed by atoms with E-state index in [1.807, 2.05) is 0 Å². The van der Waals surface area contributed by atoms with Crippen molar-refractivity contribution in [2.24, 2.45) is 0 Å². The number of rotatable bonds is 3. The SMILES string of the molecule is CC(C(Br)c1ccc(Cl)c(Cl)c1)S(C)(=O)=O. The average Bonchev–Trinajstić information content (AvgIpc) is 2.18. The first-order chi connectivity index (χ1) is 7.23. The van der Waals surface area contributed by atoms with Gasteiger partial charge in [-0.2, -0.15) is 0 Å². The largest absolute Gasteiger partial charge is 0.229 e. The van der Waals surface area contributed by atoms with Crippen LogP contribution in [-0.4, -0.2) is 19.9 Å². The third kappa shape index (κ3) is 3.36. The Kier molecular flexibility index (Phi) is 4.69. The van der Waals surface area contributed by atoms with E-state index in [9.17, 15) is 8.42 Å². The van der Waals surface area contributed by atoms with Gasteiger partial charge in [0, 0.05) is 6.26 Å². The van der Waals surface area contributed by atoms with Crippen molar-refractivity contribution in [1.29, 1.82) is 0 Å². The fourth-order valence-corrected chi connectivity index (χ4v) is 3.53. The highest BCUT2D eigenvalue weighted by Crippen LogP contribution is 2.33. The van der Waals surface area contributed by atoms with Crippen molar-refractivity contribution in [3.8, 4) is 0 Å². The summed E-state index contributed by atoms with van der Waals surface area (Å²) in [6, 6.07) is 5.09. The van der Waals surface area contributed by atoms with Gasteiger partial charge in [-0.15, -0.1) is 0 Å². The Morgan fingerprint density at radius 2 is 1.81 bits per heavy atom. The van der Waals surface area contributed by atoms with E-state index in [4.69, 9.17) is 23.2 Å². The molecule has 0 aromatic heterocycles. The molecule has 1 rings (SSSR count). The van der Waals surface area contributed by atoms with E-state index in [1.165, 1.54) is 6.26 Å². The fourth-order valence-electron chi connectivity index (χ4n) is 1.17. The zero-order valence-electron chi connectivity index (χ0n) is 8.75. The maximum Gasteiger partial charge on any atom is 0.151 e. The molecule has 90 valence electrons. The second-order valence-electron chi connectivity index (χ2n) is 3.61. The van der Waals surface area contributed by atoms with Gasteiger partial charge >= 0.3 is 0 Å². The summed E-state index contributed by atoms with van der Waals surface area (Å²) in [6.07, 6.45) is 1.21. The molecule has 1 aromatic carbocycles. The molecule has 0 saturated heterocycles. The van der Waals surface area contributed by atoms with Crippen LogP contribution in [-0.2, 0) is 9.84 Å². The third-order valence-electron chi connectivity index (χ3n) is 2.35. The molecule has 0 N–H and O–H groups in total. The molecule has 0 radical (unpaired) electrons. The van der Waals surface area contributed by atoms with E-state index >= 15 is 0 Å². The zero-order chi connectivity index (χ0) is 12.5. The van der Waals surface area contributed by atoms with Crippen LogP contribution >= 0.6 is 39.1 Å². The van der Waals surface area contributed by atoms with Crippen LogP contribution in [0.1, 0.15) is 17.3 Å². The first-order valence-corrected chi connectivity index (χ1v) is 8.14. The smallest absolute Gasteiger partial charge is 0.151 e. The summed E-state index contributed by atoms with van der Waals surface area (Å²) in [7, 11) is -3.10. The first kappa shape index (κ1) is 14.3. The normalized spacial score (nSPS) is 15.8. The molecule has 1 aromatic rings. The van der Waals surface area contributed by atoms with E-state index in [0.717, 1.165) is 5.56 Å². The summed E-state index contributed by atoms with van der Waals surface area (Å²) >= 11 is 15.0. The van der Waals surface area contributed by atoms with Crippen molar-refractivity contribution in [2.45, 2.75) is 17.0 Å². The number of hydrogen-bond donors (Lipinski definition) is 0. The van der Waals surface area contributed by atoms with Gasteiger partial charge in [0.05, 0.1) is 20.1 Å². The van der Waals surface area contributed by atoms with E-state index < -0.39 is 15.1 Å². The second kappa shape index (κ2) is 5.25. The lowest BCUT2D eigenvalue weighted by molar-refractivity contribution is 0.588. The standard InChI is InChI=1S/C10H11BrCl2O2S/c1-6(16(2,14)15)10(11)7-3-4-8(12)9(13)5-7/h3-6,10H,1-2H3. The topological polar surface area (TPSA) is 34.1 Å². The van der Waals surface area contributed by atoms with Crippen LogP contribution in [0, 0.1) is 0 Å². The van der Waals surface area contributed by atoms with Crippen molar-refractivity contribution < 1.29 is 8.42 Å². The molecule has 0 aliphatic heterocycles. The Bertz CT molecular complexity index is 488. The second-order valence-corrected chi connectivity index (χ2v) is 7.81. The lowest BCUT2D eigenvalue weighted by Gasteiger charge is -2.17. The fraction of sp³-hybridized carbons (Fsp3) is 0.400. The maximum absolute atomic E-state index is 11.4. The molecule has 0 spiro atoms. The molecule has 16 heavy (non-hydrogen) atoms. The Labute approximate surface area is 114 Å². The first-order valence-electron chi connectivity index (χ1n) is 4.51. The maximum atomic E-state index is 11.4. The summed E-state index contributed by atoms with van der Waals surface area (Å²) in [4.78, 5) is -0.294. The van der Waals surface area contributed by atoms with Gasteiger partial charge in [-0.3, -0.25) is 0 Å². The molecule has 0 aliphatic rings. The molecule has 0 heterocycles. The van der Waals surface area contributed by atoms with Crippen molar-refractivity contribution >= 4 is 49.0 Å². The lowest BCUT2D eigenvalue weighted by Crippen LogP contribution is -2.20. The Balaban J connectivity index is 3.06. The summed E-state index contributed by atoms with van der Waals surface area (Å²) < 4.78 is 22.8. The van der Waals surface area contributed by atoms with Crippen molar-refractivity contribution in [1.82, 2.24) is 0 Å². The summed E-state index contributed by atoms with van der Waals surface area (Å²) in [5.74, 6) is 0. The van der Waals surface area contributed by atoms with Gasteiger partial charge in [0.25, 0.3) is 0 Å². The lowest BCUT2D eigenvalue weighted by atomic mass is 10.1. The minimum Gasteiger partial charge on any atom is -0.229 e. The highest BCUT2D eigenvalue weighted by atomic mass is 79.9. The highest BCUT2D eigenvalue weighted by Gasteiger charge is 2.25. The molecule has 0 saturated carbocycles. The molecule has 0 fully saturated rings. The van der Waals surface area contributed by atoms with E-state index in [0.29, 0.717) is 10.0 Å². The minimum absolute atomic E-state index is 0.294. The van der Waals surface area contributed by atoms with Crippen LogP contribution in [0.4, 0.5) is 0 Å². The van der Waals surface area contributed by atoms with Crippen LogP contribution in [0.5, 0.6) is 0 Å². The Morgan fingerprint density at radius 3 is 2.25 bits per heavy atom. The number of hydrogen-bond acceptors (Lipinski definition) is 2. The summed E-state index contributed by atoms with van der Waals surface area (Å²) in [5.41, 5.74) is 0.798. The van der Waals surface area contributed by atoms with Crippen LogP contribution in [0.25, 0.3) is 0 Å². The Morgan fingerprint density at radius 1 is 1.25 bits per heavy atom. The third-order valence-corrected chi connectivity index (χ3v) is 6.38. The molecular formula is C10H11BrCl2O2S. The molecule has 0 bridgehead atoms. The van der Waals surface area contributed by atoms with Crippen LogP contribution in [0.15, 0.2) is 18.2 Å². The predicted octanol–water partition coefficient (Wildman–Crippen LogP) is 3.86. The van der Waals surface area contributed by atoms with E-state index in [2.05, 4.69) is 15.9 Å². The predicted molar refractivity (Wildman–Crippen MR) is 72.4 cm³/mol. The van der Waals surface area contributed by atoms with Gasteiger partial charge in [0.1, 0.15) is 0 Å². The molecule has 0 aliphatic carbocycles. The van der Waals surface area contributed by atoms with Gasteiger partial charge in [-0.05, 0) is 24.6 Å². The van der Waals surface area contributed by atoms with Crippen molar-refractivity contribution in [3.05, 3.63) is 33.8 Å².